The molecule has 0 radical (unpaired) electrons. The lowest BCUT2D eigenvalue weighted by molar-refractivity contribution is -0.130. The molecule has 4 amide bonds. The van der Waals surface area contributed by atoms with Crippen LogP contribution in [0, 0.1) is 0 Å². The molecule has 5 rings (SSSR count). The van der Waals surface area contributed by atoms with Crippen LogP contribution in [0.25, 0.3) is 0 Å². The van der Waals surface area contributed by atoms with Gasteiger partial charge in [0.15, 0.2) is 6.61 Å². The summed E-state index contributed by atoms with van der Waals surface area (Å²) in [5.74, 6) is 0.0501. The molecule has 1 aliphatic heterocycles. The van der Waals surface area contributed by atoms with Crippen LogP contribution in [0.1, 0.15) is 70.4 Å². The molecule has 0 aromatic heterocycles. The zero-order valence-corrected chi connectivity index (χ0v) is 25.0. The summed E-state index contributed by atoms with van der Waals surface area (Å²) in [7, 11) is 1.80. The second-order valence-electron chi connectivity index (χ2n) is 11.4. The highest BCUT2D eigenvalue weighted by Gasteiger charge is 2.33. The van der Waals surface area contributed by atoms with Crippen molar-refractivity contribution >= 4 is 35.0 Å². The smallest absolute Gasteiger partial charge is 0.262 e. The Morgan fingerprint density at radius 1 is 0.909 bits per heavy atom. The molecular weight excluding hydrogens is 558 g/mol. The van der Waals surface area contributed by atoms with Gasteiger partial charge >= 0.3 is 0 Å². The third kappa shape index (κ3) is 8.02. The van der Waals surface area contributed by atoms with E-state index < -0.39 is 0 Å². The Bertz CT molecular complexity index is 1500. The van der Waals surface area contributed by atoms with Crippen molar-refractivity contribution in [3.63, 3.8) is 0 Å². The van der Waals surface area contributed by atoms with E-state index in [9.17, 15) is 19.2 Å². The Kier molecular flexibility index (Phi) is 9.91. The lowest BCUT2D eigenvalue weighted by Crippen LogP contribution is -2.33. The maximum atomic E-state index is 13.4. The van der Waals surface area contributed by atoms with Crippen LogP contribution in [-0.4, -0.2) is 59.7 Å². The average Bonchev–Trinajstić information content (AvgIpc) is 3.88. The van der Waals surface area contributed by atoms with Crippen LogP contribution < -0.4 is 21.1 Å². The van der Waals surface area contributed by atoms with Crippen molar-refractivity contribution < 1.29 is 23.9 Å². The van der Waals surface area contributed by atoms with E-state index in [2.05, 4.69) is 10.6 Å². The number of carbonyl (C=O) groups excluding carboxylic acids is 4. The molecule has 1 fully saturated rings. The normalized spacial score (nSPS) is 13.7. The van der Waals surface area contributed by atoms with E-state index in [4.69, 9.17) is 10.5 Å². The summed E-state index contributed by atoms with van der Waals surface area (Å²) in [5, 5.41) is 5.67. The third-order valence-electron chi connectivity index (χ3n) is 7.83. The third-order valence-corrected chi connectivity index (χ3v) is 7.83. The minimum Gasteiger partial charge on any atom is -0.482 e. The van der Waals surface area contributed by atoms with Crippen LogP contribution in [-0.2, 0) is 22.7 Å². The number of nitrogens with two attached hydrogens (primary N) is 1. The number of benzene rings is 3. The van der Waals surface area contributed by atoms with E-state index in [1.807, 2.05) is 41.3 Å². The van der Waals surface area contributed by atoms with Gasteiger partial charge in [-0.05, 0) is 85.8 Å². The molecule has 3 aromatic rings. The van der Waals surface area contributed by atoms with Gasteiger partial charge < -0.3 is 30.9 Å². The Labute approximate surface area is 257 Å². The second kappa shape index (κ2) is 14.2. The average molecular weight is 598 g/mol. The fourth-order valence-electron chi connectivity index (χ4n) is 5.13. The van der Waals surface area contributed by atoms with Gasteiger partial charge in [0.25, 0.3) is 17.7 Å². The molecule has 1 saturated carbocycles. The highest BCUT2D eigenvalue weighted by atomic mass is 16.5. The molecule has 230 valence electrons. The number of anilines is 2. The van der Waals surface area contributed by atoms with Gasteiger partial charge in [0.2, 0.25) is 5.91 Å². The van der Waals surface area contributed by atoms with Crippen molar-refractivity contribution in [1.82, 2.24) is 9.80 Å². The number of fused-ring (bicyclic) bond motifs is 1. The molecule has 0 unspecified atom stereocenters. The summed E-state index contributed by atoms with van der Waals surface area (Å²) >= 11 is 0. The predicted molar refractivity (Wildman–Crippen MR) is 168 cm³/mol. The first-order valence-electron chi connectivity index (χ1n) is 15.1. The molecule has 0 atom stereocenters. The van der Waals surface area contributed by atoms with Gasteiger partial charge in [-0.2, -0.15) is 0 Å². The number of rotatable bonds is 13. The van der Waals surface area contributed by atoms with Gasteiger partial charge in [-0.1, -0.05) is 30.7 Å². The summed E-state index contributed by atoms with van der Waals surface area (Å²) in [6.07, 6.45) is 5.16. The van der Waals surface area contributed by atoms with Gasteiger partial charge in [-0.15, -0.1) is 0 Å². The first-order valence-corrected chi connectivity index (χ1v) is 15.1. The van der Waals surface area contributed by atoms with Crippen LogP contribution in [0.5, 0.6) is 5.75 Å². The largest absolute Gasteiger partial charge is 0.482 e. The monoisotopic (exact) mass is 597 g/mol. The molecule has 1 aliphatic carbocycles. The van der Waals surface area contributed by atoms with Crippen LogP contribution in [0.3, 0.4) is 0 Å². The lowest BCUT2D eigenvalue weighted by Gasteiger charge is -2.24. The number of ether oxygens (including phenoxy) is 1. The van der Waals surface area contributed by atoms with Crippen molar-refractivity contribution in [2.75, 3.05) is 30.8 Å². The highest BCUT2D eigenvalue weighted by molar-refractivity contribution is 6.04. The molecule has 4 N–H and O–H groups in total. The van der Waals surface area contributed by atoms with Gasteiger partial charge in [0, 0.05) is 49.4 Å². The van der Waals surface area contributed by atoms with Gasteiger partial charge in [-0.3, -0.25) is 19.2 Å². The molecule has 0 bridgehead atoms. The number of hydrogen-bond acceptors (Lipinski definition) is 6. The highest BCUT2D eigenvalue weighted by Crippen LogP contribution is 2.33. The Balaban J connectivity index is 1.14. The van der Waals surface area contributed by atoms with Crippen molar-refractivity contribution in [1.29, 1.82) is 0 Å². The number of unbranched alkanes of at least 4 members (excludes halogenated alkanes) is 2. The molecule has 0 saturated heterocycles. The minimum absolute atomic E-state index is 0.0709. The molecule has 1 heterocycles. The Hall–Kier alpha value is -4.70. The first kappa shape index (κ1) is 30.7. The number of carbonyl (C=O) groups is 4. The van der Waals surface area contributed by atoms with Crippen LogP contribution in [0.15, 0.2) is 66.7 Å². The fourth-order valence-corrected chi connectivity index (χ4v) is 5.13. The van der Waals surface area contributed by atoms with Crippen LogP contribution in [0.2, 0.25) is 0 Å². The quantitative estimate of drug-likeness (QED) is 0.248. The lowest BCUT2D eigenvalue weighted by atomic mass is 10.1. The van der Waals surface area contributed by atoms with E-state index >= 15 is 0 Å². The molecule has 3 aromatic carbocycles. The van der Waals surface area contributed by atoms with Crippen molar-refractivity contribution in [2.24, 2.45) is 5.73 Å². The molecule has 0 spiro atoms. The van der Waals surface area contributed by atoms with Crippen molar-refractivity contribution in [2.45, 2.75) is 57.7 Å². The standard InChI is InChI=1S/C34H39N5O5/c1-38(32(41)5-3-2-4-18-35)20-23-8-13-27(14-9-23)36-33(42)25-10-6-24(7-11-25)21-39(28-15-16-28)34(43)26-12-17-29-30(19-26)44-22-31(40)37-29/h6-14,17,19,28H,2-5,15-16,18,20-22,35H2,1H3,(H,36,42)(H,37,40). The molecule has 2 aliphatic rings. The molecule has 44 heavy (non-hydrogen) atoms. The maximum Gasteiger partial charge on any atom is 0.262 e. The minimum atomic E-state index is -0.231. The summed E-state index contributed by atoms with van der Waals surface area (Å²) in [6, 6.07) is 20.0. The maximum absolute atomic E-state index is 13.4. The van der Waals surface area contributed by atoms with Gasteiger partial charge in [-0.25, -0.2) is 0 Å². The number of nitrogens with one attached hydrogen (secondary N) is 2. The van der Waals surface area contributed by atoms with Crippen molar-refractivity contribution in [3.05, 3.63) is 89.0 Å². The van der Waals surface area contributed by atoms with Gasteiger partial charge in [0.1, 0.15) is 5.75 Å². The molecular formula is C34H39N5O5. The molecule has 10 heteroatoms. The van der Waals surface area contributed by atoms with E-state index in [0.717, 1.165) is 43.2 Å². The van der Waals surface area contributed by atoms with Gasteiger partial charge in [0.05, 0.1) is 5.69 Å². The summed E-state index contributed by atoms with van der Waals surface area (Å²) in [6.45, 7) is 1.51. The number of nitrogens with zero attached hydrogens (tertiary/aromatic N) is 2. The fraction of sp³-hybridized carbons (Fsp3) is 0.353. The van der Waals surface area contributed by atoms with E-state index in [-0.39, 0.29) is 36.3 Å². The van der Waals surface area contributed by atoms with Crippen LogP contribution >= 0.6 is 0 Å². The predicted octanol–water partition coefficient (Wildman–Crippen LogP) is 4.55. The summed E-state index contributed by atoms with van der Waals surface area (Å²) < 4.78 is 5.49. The zero-order chi connectivity index (χ0) is 31.1. The summed E-state index contributed by atoms with van der Waals surface area (Å²) in [4.78, 5) is 53.8. The van der Waals surface area contributed by atoms with Crippen LogP contribution in [0.4, 0.5) is 11.4 Å². The Morgan fingerprint density at radius 2 is 1.59 bits per heavy atom. The van der Waals surface area contributed by atoms with E-state index in [0.29, 0.717) is 54.3 Å². The van der Waals surface area contributed by atoms with E-state index in [1.54, 1.807) is 42.3 Å². The Morgan fingerprint density at radius 3 is 2.30 bits per heavy atom. The zero-order valence-electron chi connectivity index (χ0n) is 25.0. The van der Waals surface area contributed by atoms with Crippen molar-refractivity contribution in [3.8, 4) is 5.75 Å². The second-order valence-corrected chi connectivity index (χ2v) is 11.4. The van der Waals surface area contributed by atoms with E-state index in [1.165, 1.54) is 0 Å². The topological polar surface area (TPSA) is 134 Å². The SMILES string of the molecule is CN(Cc1ccc(NC(=O)c2ccc(CN(C(=O)c3ccc4c(c3)OCC(=O)N4)C3CC3)cc2)cc1)C(=O)CCCCCN. The molecule has 10 nitrogen and oxygen atoms in total. The first-order chi connectivity index (χ1) is 21.3. The summed E-state index contributed by atoms with van der Waals surface area (Å²) in [5.41, 5.74) is 9.66. The number of hydrogen-bond donors (Lipinski definition) is 3. The number of amides is 4.